The molecule has 7 N–H and O–H groups in total. The molecule has 0 unspecified atom stereocenters. The summed E-state index contributed by atoms with van der Waals surface area (Å²) in [5.41, 5.74) is 6.77. The van der Waals surface area contributed by atoms with Gasteiger partial charge in [-0.25, -0.2) is 11.7 Å². The number of aryl methyl sites for hydroxylation is 1. The van der Waals surface area contributed by atoms with E-state index < -0.39 is 0 Å². The molecule has 0 aliphatic heterocycles. The lowest BCUT2D eigenvalue weighted by Crippen LogP contribution is -2.14. The molecule has 1 aromatic carbocycles. The minimum absolute atomic E-state index is 0.377. The second-order valence-electron chi connectivity index (χ2n) is 4.06. The number of nitrogens with zero attached hydrogens (tertiary/aromatic N) is 2. The normalized spacial score (nSPS) is 10.0. The van der Waals surface area contributed by atoms with Crippen LogP contribution in [0.25, 0.3) is 0 Å². The molecule has 0 aliphatic rings. The molecule has 0 bridgehead atoms. The molecule has 0 atom stereocenters. The van der Waals surface area contributed by atoms with Crippen molar-refractivity contribution in [2.24, 2.45) is 11.7 Å². The Kier molecular flexibility index (Phi) is 4.18. The van der Waals surface area contributed by atoms with Crippen LogP contribution in [0.5, 0.6) is 5.75 Å². The van der Waals surface area contributed by atoms with Crippen molar-refractivity contribution in [1.29, 1.82) is 0 Å². The van der Waals surface area contributed by atoms with Crippen molar-refractivity contribution in [2.45, 2.75) is 6.92 Å². The molecule has 8 nitrogen and oxygen atoms in total. The van der Waals surface area contributed by atoms with Gasteiger partial charge in [-0.3, -0.25) is 0 Å². The molecule has 1 heterocycles. The first-order valence-electron chi connectivity index (χ1n) is 5.90. The summed E-state index contributed by atoms with van der Waals surface area (Å²) in [4.78, 5) is 8.39. The molecular formula is C12H17N7O. The molecule has 0 saturated carbocycles. The van der Waals surface area contributed by atoms with Gasteiger partial charge in [0.25, 0.3) is 0 Å². The van der Waals surface area contributed by atoms with Crippen LogP contribution < -0.4 is 32.6 Å². The van der Waals surface area contributed by atoms with Gasteiger partial charge in [-0.1, -0.05) is 0 Å². The Balaban J connectivity index is 2.29. The SMILES string of the molecule is COc1ccc(Nc2nc(NN)cc(NN)n2)c(C)c1. The summed E-state index contributed by atoms with van der Waals surface area (Å²) < 4.78 is 5.16. The highest BCUT2D eigenvalue weighted by Crippen LogP contribution is 2.24. The number of nitrogens with two attached hydrogens (primary N) is 2. The zero-order valence-electron chi connectivity index (χ0n) is 11.3. The predicted octanol–water partition coefficient (Wildman–Crippen LogP) is 1.11. The lowest BCUT2D eigenvalue weighted by molar-refractivity contribution is 0.414. The van der Waals surface area contributed by atoms with E-state index >= 15 is 0 Å². The van der Waals surface area contributed by atoms with Crippen LogP contribution in [0.1, 0.15) is 5.56 Å². The molecule has 8 heteroatoms. The van der Waals surface area contributed by atoms with E-state index in [4.69, 9.17) is 16.4 Å². The summed E-state index contributed by atoms with van der Waals surface area (Å²) in [6, 6.07) is 7.24. The van der Waals surface area contributed by atoms with Gasteiger partial charge in [0.05, 0.1) is 7.11 Å². The van der Waals surface area contributed by atoms with Gasteiger partial charge in [0.15, 0.2) is 0 Å². The van der Waals surface area contributed by atoms with Crippen LogP contribution in [-0.4, -0.2) is 17.1 Å². The Morgan fingerprint density at radius 2 is 1.70 bits per heavy atom. The third-order valence-electron chi connectivity index (χ3n) is 2.70. The summed E-state index contributed by atoms with van der Waals surface area (Å²) in [6.45, 7) is 1.96. The number of anilines is 4. The van der Waals surface area contributed by atoms with E-state index in [2.05, 4.69) is 26.1 Å². The molecule has 106 valence electrons. The van der Waals surface area contributed by atoms with E-state index in [1.807, 2.05) is 25.1 Å². The number of nitrogens with one attached hydrogen (secondary N) is 3. The first-order chi connectivity index (χ1) is 9.66. The Morgan fingerprint density at radius 1 is 1.05 bits per heavy atom. The number of nitrogen functional groups attached to an aromatic ring is 2. The second kappa shape index (κ2) is 6.04. The van der Waals surface area contributed by atoms with Gasteiger partial charge in [-0.05, 0) is 30.7 Å². The fourth-order valence-corrected chi connectivity index (χ4v) is 1.67. The number of hydrogen-bond acceptors (Lipinski definition) is 8. The van der Waals surface area contributed by atoms with Crippen LogP contribution in [0.2, 0.25) is 0 Å². The molecule has 0 amide bonds. The summed E-state index contributed by atoms with van der Waals surface area (Å²) in [5.74, 6) is 12.8. The molecule has 0 saturated heterocycles. The molecule has 1 aromatic heterocycles. The maximum absolute atomic E-state index is 5.35. The van der Waals surface area contributed by atoms with Crippen molar-refractivity contribution in [3.63, 3.8) is 0 Å². The lowest BCUT2D eigenvalue weighted by Gasteiger charge is -2.11. The molecule has 0 fully saturated rings. The summed E-state index contributed by atoms with van der Waals surface area (Å²) in [6.07, 6.45) is 0. The maximum Gasteiger partial charge on any atom is 0.231 e. The van der Waals surface area contributed by atoms with Gasteiger partial charge in [0.2, 0.25) is 5.95 Å². The minimum atomic E-state index is 0.377. The van der Waals surface area contributed by atoms with Gasteiger partial charge in [0.1, 0.15) is 17.4 Å². The van der Waals surface area contributed by atoms with Gasteiger partial charge >= 0.3 is 0 Å². The number of aromatic nitrogens is 2. The third-order valence-corrected chi connectivity index (χ3v) is 2.70. The largest absolute Gasteiger partial charge is 0.497 e. The minimum Gasteiger partial charge on any atom is -0.497 e. The summed E-state index contributed by atoms with van der Waals surface area (Å²) >= 11 is 0. The van der Waals surface area contributed by atoms with Gasteiger partial charge in [-0.15, -0.1) is 0 Å². The van der Waals surface area contributed by atoms with Crippen LogP contribution in [0.15, 0.2) is 24.3 Å². The van der Waals surface area contributed by atoms with Gasteiger partial charge in [-0.2, -0.15) is 9.97 Å². The zero-order chi connectivity index (χ0) is 14.5. The maximum atomic E-state index is 5.35. The first-order valence-corrected chi connectivity index (χ1v) is 5.90. The number of benzene rings is 1. The highest BCUT2D eigenvalue weighted by atomic mass is 16.5. The van der Waals surface area contributed by atoms with E-state index in [0.717, 1.165) is 17.0 Å². The summed E-state index contributed by atoms with van der Waals surface area (Å²) in [7, 11) is 1.63. The second-order valence-corrected chi connectivity index (χ2v) is 4.06. The zero-order valence-corrected chi connectivity index (χ0v) is 11.3. The number of hydrazine groups is 2. The standard InChI is InChI=1S/C12H17N7O/c1-7-5-8(20-2)3-4-9(7)15-12-16-10(18-13)6-11(17-12)19-14/h3-6H,13-14H2,1-2H3,(H3,15,16,17,18,19). The lowest BCUT2D eigenvalue weighted by atomic mass is 10.2. The topological polar surface area (TPSA) is 123 Å². The van der Waals surface area contributed by atoms with Crippen LogP contribution in [-0.2, 0) is 0 Å². The predicted molar refractivity (Wildman–Crippen MR) is 78.7 cm³/mol. The third kappa shape index (κ3) is 3.05. The quantitative estimate of drug-likeness (QED) is 0.406. The van der Waals surface area contributed by atoms with Crippen molar-refractivity contribution in [1.82, 2.24) is 9.97 Å². The van der Waals surface area contributed by atoms with Gasteiger partial charge < -0.3 is 20.9 Å². The Labute approximate surface area is 116 Å². The van der Waals surface area contributed by atoms with Crippen molar-refractivity contribution in [2.75, 3.05) is 23.3 Å². The summed E-state index contributed by atoms with van der Waals surface area (Å²) in [5, 5.41) is 3.10. The smallest absolute Gasteiger partial charge is 0.231 e. The van der Waals surface area contributed by atoms with Crippen LogP contribution in [0, 0.1) is 6.92 Å². The molecule has 0 radical (unpaired) electrons. The highest BCUT2D eigenvalue weighted by molar-refractivity contribution is 5.62. The number of rotatable bonds is 5. The Bertz CT molecular complexity index is 580. The fraction of sp³-hybridized carbons (Fsp3) is 0.167. The van der Waals surface area contributed by atoms with E-state index in [-0.39, 0.29) is 0 Å². The number of methoxy groups -OCH3 is 1. The number of ether oxygens (including phenoxy) is 1. The molecule has 0 aliphatic carbocycles. The van der Waals surface area contributed by atoms with Crippen molar-refractivity contribution in [3.05, 3.63) is 29.8 Å². The Morgan fingerprint density at radius 3 is 2.20 bits per heavy atom. The van der Waals surface area contributed by atoms with Crippen LogP contribution in [0.4, 0.5) is 23.3 Å². The van der Waals surface area contributed by atoms with Crippen LogP contribution in [0.3, 0.4) is 0 Å². The van der Waals surface area contributed by atoms with E-state index in [1.54, 1.807) is 13.2 Å². The van der Waals surface area contributed by atoms with Crippen molar-refractivity contribution >= 4 is 23.3 Å². The first kappa shape index (κ1) is 13.8. The van der Waals surface area contributed by atoms with Crippen molar-refractivity contribution < 1.29 is 4.74 Å². The Hall–Kier alpha value is -2.58. The van der Waals surface area contributed by atoms with E-state index in [0.29, 0.717) is 17.6 Å². The molecule has 20 heavy (non-hydrogen) atoms. The molecule has 0 spiro atoms. The van der Waals surface area contributed by atoms with Crippen molar-refractivity contribution in [3.8, 4) is 5.75 Å². The molecule has 2 rings (SSSR count). The molecule has 2 aromatic rings. The monoisotopic (exact) mass is 275 g/mol. The van der Waals surface area contributed by atoms with E-state index in [9.17, 15) is 0 Å². The fourth-order valence-electron chi connectivity index (χ4n) is 1.67. The van der Waals surface area contributed by atoms with E-state index in [1.165, 1.54) is 0 Å². The molecular weight excluding hydrogens is 258 g/mol. The average molecular weight is 275 g/mol. The van der Waals surface area contributed by atoms with Gasteiger partial charge in [0, 0.05) is 11.8 Å². The number of hydrogen-bond donors (Lipinski definition) is 5. The average Bonchev–Trinajstić information content (AvgIpc) is 2.48. The van der Waals surface area contributed by atoms with Crippen LogP contribution >= 0.6 is 0 Å². The highest BCUT2D eigenvalue weighted by Gasteiger charge is 2.06.